The van der Waals surface area contributed by atoms with E-state index in [1.807, 2.05) is 0 Å². The van der Waals surface area contributed by atoms with Gasteiger partial charge in [-0.25, -0.2) is 0 Å². The van der Waals surface area contributed by atoms with Crippen molar-refractivity contribution in [2.45, 2.75) is 273 Å². The van der Waals surface area contributed by atoms with Crippen LogP contribution in [0.5, 0.6) is 0 Å². The summed E-state index contributed by atoms with van der Waals surface area (Å²) in [6.07, 6.45) is -74.0. The van der Waals surface area contributed by atoms with Gasteiger partial charge >= 0.3 is 0 Å². The molecule has 8 aliphatic rings. The summed E-state index contributed by atoms with van der Waals surface area (Å²) in [5, 5.41) is 244. The van der Waals surface area contributed by atoms with Gasteiger partial charge in [0.1, 0.15) is 183 Å². The first-order valence-electron chi connectivity index (χ1n) is 29.9. The van der Waals surface area contributed by atoms with Crippen LogP contribution in [0.1, 0.15) is 27.7 Å². The van der Waals surface area contributed by atoms with Crippen molar-refractivity contribution in [3.8, 4) is 0 Å². The van der Waals surface area contributed by atoms with Crippen LogP contribution in [0.4, 0.5) is 0 Å². The number of carbonyl (C=O) groups is 2. The van der Waals surface area contributed by atoms with Gasteiger partial charge in [-0.2, -0.15) is 0 Å². The van der Waals surface area contributed by atoms with Crippen molar-refractivity contribution in [1.29, 1.82) is 0 Å². The molecule has 0 aliphatic carbocycles. The van der Waals surface area contributed by atoms with E-state index in [1.54, 1.807) is 0 Å². The maximum atomic E-state index is 13.2. The summed E-state index contributed by atoms with van der Waals surface area (Å²) in [6, 6.07) is -3.77. The van der Waals surface area contributed by atoms with Gasteiger partial charge in [-0.15, -0.1) is 0 Å². The smallest absolute Gasteiger partial charge is 0.217 e. The SMILES string of the molecule is CC(=O)N[C@H]1[C@H](O[C@H]2[C@@H](O)[C@@H](CO[C@@H]3O[C@H](CO)[C@@H](O[C@@H]4O[C@H](CO)[C@H](O)[C@H](O)[C@H]4O)[C@H](O[C@@H]4O[C@@H](C)[C@@H](O)[C@@H](O)[C@@H]4O)[C@H]3NC(C)=O)O[C@@H](O[C@H]3[C@H](O)[C@@H](O)C(O)O[C@@H]3CO)[C@@H]2O)O[C@H](CO)[C@@H](O[C@@H]2O[C@H](CO)[C@H](O)[C@H](O)[C@H]2O[C@@H]2O[C@@H](C)[C@@H](O)[C@@H](O)[C@@H]2O)[C@@H]1O. The van der Waals surface area contributed by atoms with Crippen molar-refractivity contribution < 1.29 is 193 Å². The Balaban J connectivity index is 1.11. The number of hydrogen-bond donors (Lipinski definition) is 24. The van der Waals surface area contributed by atoms with Crippen molar-refractivity contribution in [3.05, 3.63) is 0 Å². The van der Waals surface area contributed by atoms with E-state index in [4.69, 9.17) is 71.1 Å². The first-order chi connectivity index (χ1) is 43.9. The van der Waals surface area contributed by atoms with Crippen LogP contribution in [-0.4, -0.2) is 409 Å². The molecular weight excluding hydrogens is 1280 g/mol. The number of rotatable bonds is 22. The van der Waals surface area contributed by atoms with Crippen LogP contribution in [0.2, 0.25) is 0 Å². The highest BCUT2D eigenvalue weighted by atomic mass is 16.8. The highest BCUT2D eigenvalue weighted by molar-refractivity contribution is 5.73. The minimum Gasteiger partial charge on any atom is -0.394 e. The third-order valence-electron chi connectivity index (χ3n) is 17.4. The van der Waals surface area contributed by atoms with Crippen LogP contribution >= 0.6 is 0 Å². The molecule has 0 spiro atoms. The molecule has 8 fully saturated rings. The monoisotopic (exact) mass is 1360 g/mol. The fourth-order valence-electron chi connectivity index (χ4n) is 12.1. The summed E-state index contributed by atoms with van der Waals surface area (Å²) in [7, 11) is 0. The Morgan fingerprint density at radius 2 is 0.667 bits per heavy atom. The molecule has 0 saturated carbocycles. The fourth-order valence-corrected chi connectivity index (χ4v) is 12.1. The normalized spacial score (nSPS) is 51.6. The predicted molar refractivity (Wildman–Crippen MR) is 285 cm³/mol. The Hall–Kier alpha value is -2.54. The molecule has 540 valence electrons. The average molecular weight is 1370 g/mol. The molecule has 0 aromatic carbocycles. The summed E-state index contributed by atoms with van der Waals surface area (Å²) >= 11 is 0. The molecule has 40 atom stereocenters. The van der Waals surface area contributed by atoms with Crippen molar-refractivity contribution >= 4 is 11.8 Å². The van der Waals surface area contributed by atoms with Crippen LogP contribution in [0.15, 0.2) is 0 Å². The van der Waals surface area contributed by atoms with Crippen molar-refractivity contribution in [2.24, 2.45) is 0 Å². The van der Waals surface area contributed by atoms with Gasteiger partial charge in [-0.1, -0.05) is 0 Å². The summed E-state index contributed by atoms with van der Waals surface area (Å²) < 4.78 is 88.2. The molecule has 0 bridgehead atoms. The molecule has 0 aromatic rings. The van der Waals surface area contributed by atoms with E-state index in [0.717, 1.165) is 13.8 Å². The van der Waals surface area contributed by atoms with Crippen LogP contribution in [0.3, 0.4) is 0 Å². The quantitative estimate of drug-likeness (QED) is 0.0479. The lowest BCUT2D eigenvalue weighted by molar-refractivity contribution is -0.393. The van der Waals surface area contributed by atoms with Gasteiger partial charge < -0.3 is 194 Å². The molecule has 8 rings (SSSR count). The molecule has 0 aromatic heterocycles. The van der Waals surface area contributed by atoms with Gasteiger partial charge in [-0.3, -0.25) is 9.59 Å². The van der Waals surface area contributed by atoms with E-state index >= 15 is 0 Å². The van der Waals surface area contributed by atoms with Gasteiger partial charge in [0.05, 0.1) is 51.8 Å². The molecule has 0 radical (unpaired) electrons. The minimum atomic E-state index is -2.38. The summed E-state index contributed by atoms with van der Waals surface area (Å²) in [5.74, 6) is -1.84. The molecule has 41 heteroatoms. The van der Waals surface area contributed by atoms with E-state index in [1.165, 1.54) is 13.8 Å². The Kier molecular flexibility index (Phi) is 26.7. The van der Waals surface area contributed by atoms with Crippen molar-refractivity contribution in [1.82, 2.24) is 10.6 Å². The zero-order valence-electron chi connectivity index (χ0n) is 50.1. The lowest BCUT2D eigenvalue weighted by Gasteiger charge is -2.51. The first kappa shape index (κ1) is 76.2. The van der Waals surface area contributed by atoms with Crippen LogP contribution in [-0.2, 0) is 80.6 Å². The Morgan fingerprint density at radius 1 is 0.301 bits per heavy atom. The molecule has 93 heavy (non-hydrogen) atoms. The maximum absolute atomic E-state index is 13.2. The third-order valence-corrected chi connectivity index (χ3v) is 17.4. The predicted octanol–water partition coefficient (Wildman–Crippen LogP) is -16.1. The zero-order valence-corrected chi connectivity index (χ0v) is 50.1. The molecule has 8 saturated heterocycles. The first-order valence-corrected chi connectivity index (χ1v) is 29.9. The summed E-state index contributed by atoms with van der Waals surface area (Å²) in [4.78, 5) is 26.2. The molecule has 8 heterocycles. The lowest BCUT2D eigenvalue weighted by atomic mass is 9.94. The molecular formula is C52H88N2O39. The van der Waals surface area contributed by atoms with Gasteiger partial charge in [0.15, 0.2) is 50.3 Å². The molecule has 24 N–H and O–H groups in total. The number of aliphatic hydroxyl groups is 22. The Labute approximate surface area is 527 Å². The number of carbonyl (C=O) groups excluding carboxylic acids is 2. The second kappa shape index (κ2) is 32.6. The van der Waals surface area contributed by atoms with Crippen LogP contribution < -0.4 is 10.6 Å². The number of aliphatic hydroxyl groups excluding tert-OH is 22. The topological polar surface area (TPSA) is 642 Å². The summed E-state index contributed by atoms with van der Waals surface area (Å²) in [5.41, 5.74) is 0. The zero-order chi connectivity index (χ0) is 68.5. The van der Waals surface area contributed by atoms with Gasteiger partial charge in [0.25, 0.3) is 0 Å². The van der Waals surface area contributed by atoms with Gasteiger partial charge in [0, 0.05) is 13.8 Å². The van der Waals surface area contributed by atoms with E-state index in [2.05, 4.69) is 10.6 Å². The number of nitrogens with one attached hydrogen (secondary N) is 2. The summed E-state index contributed by atoms with van der Waals surface area (Å²) in [6.45, 7) is -1.76. The fraction of sp³-hybridized carbons (Fsp3) is 0.962. The van der Waals surface area contributed by atoms with Crippen molar-refractivity contribution in [2.75, 3.05) is 39.6 Å². The molecule has 41 nitrogen and oxygen atoms in total. The Bertz CT molecular complexity index is 2350. The second-order valence-electron chi connectivity index (χ2n) is 23.9. The second-order valence-corrected chi connectivity index (χ2v) is 23.9. The van der Waals surface area contributed by atoms with E-state index in [0.29, 0.717) is 0 Å². The molecule has 8 aliphatic heterocycles. The van der Waals surface area contributed by atoms with Gasteiger partial charge in [-0.05, 0) is 13.8 Å². The number of amides is 2. The maximum Gasteiger partial charge on any atom is 0.217 e. The van der Waals surface area contributed by atoms with E-state index in [9.17, 15) is 122 Å². The lowest BCUT2D eigenvalue weighted by Crippen LogP contribution is -2.70. The molecule has 2 amide bonds. The van der Waals surface area contributed by atoms with Crippen LogP contribution in [0, 0.1) is 0 Å². The highest BCUT2D eigenvalue weighted by Gasteiger charge is 2.60. The highest BCUT2D eigenvalue weighted by Crippen LogP contribution is 2.39. The van der Waals surface area contributed by atoms with Gasteiger partial charge in [0.2, 0.25) is 11.8 Å². The van der Waals surface area contributed by atoms with Crippen LogP contribution in [0.25, 0.3) is 0 Å². The standard InChI is InChI=1S/C52H88N2O39/c1-11-23(62)29(68)35(74)48(80-11)91-42-22(54-14(4)61)46(85-19(9-59)41(42)90-50-37(76)31(70)25(64)15(5-55)83-50)79-10-20-27(66)43(38(77)51(87-20)88-40-17(7-57)82-45(78)34(73)33(40)72)92-47-21(53-13(3)60)28(67)39(18(8-58)86-47)89-52-44(32(71)26(65)16(6-56)84-52)93-49-36(75)30(69)24(63)12(2)81-49/h11-12,15-52,55-59,62-78H,5-10H2,1-4H3,(H,53,60)(H,54,61)/t11-,12-,15+,16+,17+,18+,19+,20+,21+,22+,23+,24+,25-,26-,27-,28+,29+,30+,31-,32-,33+,34+,35-,36-,37+,38+,39+,40+,41+,42+,43-,44+,45?,46+,47-,48-,49-,50-,51-,52-/m0/s1. The minimum absolute atomic E-state index is 0.903. The molecule has 1 unspecified atom stereocenters. The largest absolute Gasteiger partial charge is 0.394 e. The Morgan fingerprint density at radius 3 is 1.20 bits per heavy atom. The van der Waals surface area contributed by atoms with E-state index < -0.39 is 297 Å². The number of hydrogen-bond acceptors (Lipinski definition) is 39. The van der Waals surface area contributed by atoms with Crippen molar-refractivity contribution in [3.63, 3.8) is 0 Å². The van der Waals surface area contributed by atoms with E-state index in [-0.39, 0.29) is 0 Å². The third kappa shape index (κ3) is 16.4. The number of ether oxygens (including phenoxy) is 15. The average Bonchev–Trinajstić information content (AvgIpc) is 0.835.